The van der Waals surface area contributed by atoms with Crippen molar-refractivity contribution in [3.05, 3.63) is 237 Å². The maximum absolute atomic E-state index is 6.42. The molecule has 11 aromatic rings. The summed E-state index contributed by atoms with van der Waals surface area (Å²) in [6.45, 7) is 0. The van der Waals surface area contributed by atoms with Gasteiger partial charge in [0.2, 0.25) is 0 Å². The Morgan fingerprint density at radius 2 is 0.733 bits per heavy atom. The lowest BCUT2D eigenvalue weighted by atomic mass is 9.90. The van der Waals surface area contributed by atoms with Gasteiger partial charge < -0.3 is 9.32 Å². The van der Waals surface area contributed by atoms with Crippen LogP contribution in [0.1, 0.15) is 0 Å². The Morgan fingerprint density at radius 3 is 1.47 bits per heavy atom. The van der Waals surface area contributed by atoms with E-state index in [1.54, 1.807) is 0 Å². The minimum Gasteiger partial charge on any atom is -0.456 e. The zero-order valence-corrected chi connectivity index (χ0v) is 32.9. The van der Waals surface area contributed by atoms with Crippen molar-refractivity contribution in [2.75, 3.05) is 4.90 Å². The topological polar surface area (TPSA) is 16.4 Å². The molecule has 60 heavy (non-hydrogen) atoms. The molecule has 0 aliphatic heterocycles. The summed E-state index contributed by atoms with van der Waals surface area (Å²) >= 11 is 0. The minimum atomic E-state index is 0.877. The molecule has 0 spiro atoms. The van der Waals surface area contributed by atoms with Crippen molar-refractivity contribution in [1.29, 1.82) is 0 Å². The van der Waals surface area contributed by atoms with E-state index in [9.17, 15) is 0 Å². The molecular weight excluding hydrogens is 727 g/mol. The molecule has 0 saturated heterocycles. The summed E-state index contributed by atoms with van der Waals surface area (Å²) in [5.41, 5.74) is 16.7. The molecule has 2 nitrogen and oxygen atoms in total. The zero-order valence-electron chi connectivity index (χ0n) is 32.9. The number of fused-ring (bicyclic) bond motifs is 4. The Balaban J connectivity index is 1.08. The third kappa shape index (κ3) is 6.32. The quantitative estimate of drug-likeness (QED) is 0.153. The smallest absolute Gasteiger partial charge is 0.136 e. The van der Waals surface area contributed by atoms with Crippen molar-refractivity contribution in [2.45, 2.75) is 0 Å². The zero-order chi connectivity index (χ0) is 39.8. The van der Waals surface area contributed by atoms with Crippen LogP contribution in [0, 0.1) is 0 Å². The molecule has 2 heteroatoms. The predicted molar refractivity (Wildman–Crippen MR) is 253 cm³/mol. The lowest BCUT2D eigenvalue weighted by Crippen LogP contribution is -2.12. The van der Waals surface area contributed by atoms with Crippen LogP contribution in [0.5, 0.6) is 0 Å². The normalized spacial score (nSPS) is 11.3. The van der Waals surface area contributed by atoms with Gasteiger partial charge in [-0.1, -0.05) is 194 Å². The average molecular weight is 766 g/mol. The number of furan rings is 1. The molecule has 1 aromatic heterocycles. The number of nitrogens with zero attached hydrogens (tertiary/aromatic N) is 1. The number of hydrogen-bond donors (Lipinski definition) is 0. The summed E-state index contributed by atoms with van der Waals surface area (Å²) in [6.07, 6.45) is 0. The van der Waals surface area contributed by atoms with Crippen molar-refractivity contribution in [3.8, 4) is 55.6 Å². The van der Waals surface area contributed by atoms with E-state index in [0.29, 0.717) is 0 Å². The Bertz CT molecular complexity index is 3300. The number of rotatable bonds is 8. The number of para-hydroxylation sites is 3. The van der Waals surface area contributed by atoms with Crippen LogP contribution in [0.15, 0.2) is 241 Å². The highest BCUT2D eigenvalue weighted by Gasteiger charge is 2.22. The fourth-order valence-corrected chi connectivity index (χ4v) is 8.81. The molecule has 10 aromatic carbocycles. The Hall–Kier alpha value is -7.94. The van der Waals surface area contributed by atoms with Crippen molar-refractivity contribution in [1.82, 2.24) is 0 Å². The Labute approximate surface area is 349 Å². The van der Waals surface area contributed by atoms with Gasteiger partial charge in [0.05, 0.1) is 11.4 Å². The molecule has 0 bridgehead atoms. The SMILES string of the molecule is c1ccc(-c2ccc(-c3ccc(N(c4ccccc4-c4ccc5c(c4)oc4ccccc45)c4ccccc4-c4ccccc4-c4cccc5ccccc45)cc3)cc2)cc1. The van der Waals surface area contributed by atoms with Gasteiger partial charge in [0.15, 0.2) is 0 Å². The highest BCUT2D eigenvalue weighted by atomic mass is 16.3. The molecule has 0 unspecified atom stereocenters. The van der Waals surface area contributed by atoms with Gasteiger partial charge in [-0.15, -0.1) is 0 Å². The van der Waals surface area contributed by atoms with Crippen LogP contribution in [-0.4, -0.2) is 0 Å². The number of benzene rings is 10. The van der Waals surface area contributed by atoms with Gasteiger partial charge >= 0.3 is 0 Å². The second kappa shape index (κ2) is 15.1. The van der Waals surface area contributed by atoms with E-state index in [-0.39, 0.29) is 0 Å². The van der Waals surface area contributed by atoms with E-state index in [4.69, 9.17) is 4.42 Å². The van der Waals surface area contributed by atoms with Crippen LogP contribution in [0.4, 0.5) is 17.1 Å². The van der Waals surface area contributed by atoms with Crippen molar-refractivity contribution in [3.63, 3.8) is 0 Å². The molecule has 0 fully saturated rings. The van der Waals surface area contributed by atoms with Gasteiger partial charge in [0.25, 0.3) is 0 Å². The Morgan fingerprint density at radius 1 is 0.267 bits per heavy atom. The average Bonchev–Trinajstić information content (AvgIpc) is 3.70. The maximum Gasteiger partial charge on any atom is 0.136 e. The van der Waals surface area contributed by atoms with E-state index in [1.165, 1.54) is 44.2 Å². The van der Waals surface area contributed by atoms with Gasteiger partial charge in [-0.3, -0.25) is 0 Å². The standard InChI is InChI=1S/C58H39NO/c1-2-15-40(16-3-1)41-29-31-42(32-30-41)43-33-36-46(37-34-43)59(55-26-11-8-20-48(55)45-35-38-54-53-24-10-13-28-57(53)60-58(54)39-45)56-27-12-9-23-52(56)51-22-7-6-21-50(51)49-25-14-18-44-17-4-5-19-47(44)49/h1-39H. The van der Waals surface area contributed by atoms with Crippen LogP contribution >= 0.6 is 0 Å². The molecule has 0 radical (unpaired) electrons. The molecule has 0 aliphatic carbocycles. The van der Waals surface area contributed by atoms with Crippen LogP contribution in [0.2, 0.25) is 0 Å². The van der Waals surface area contributed by atoms with Gasteiger partial charge in [-0.2, -0.15) is 0 Å². The highest BCUT2D eigenvalue weighted by molar-refractivity contribution is 6.07. The van der Waals surface area contributed by atoms with Gasteiger partial charge in [0, 0.05) is 27.6 Å². The highest BCUT2D eigenvalue weighted by Crippen LogP contribution is 2.47. The third-order valence-electron chi connectivity index (χ3n) is 11.7. The lowest BCUT2D eigenvalue weighted by Gasteiger charge is -2.30. The van der Waals surface area contributed by atoms with Crippen molar-refractivity contribution in [2.24, 2.45) is 0 Å². The molecule has 0 amide bonds. The van der Waals surface area contributed by atoms with Crippen LogP contribution in [0.3, 0.4) is 0 Å². The van der Waals surface area contributed by atoms with Crippen LogP contribution in [-0.2, 0) is 0 Å². The minimum absolute atomic E-state index is 0.877. The molecule has 0 atom stereocenters. The summed E-state index contributed by atoms with van der Waals surface area (Å²) in [5.74, 6) is 0. The molecule has 1 heterocycles. The summed E-state index contributed by atoms with van der Waals surface area (Å²) < 4.78 is 6.42. The summed E-state index contributed by atoms with van der Waals surface area (Å²) in [7, 11) is 0. The van der Waals surface area contributed by atoms with E-state index in [0.717, 1.165) is 61.3 Å². The molecule has 0 N–H and O–H groups in total. The van der Waals surface area contributed by atoms with E-state index < -0.39 is 0 Å². The van der Waals surface area contributed by atoms with Crippen LogP contribution < -0.4 is 4.90 Å². The second-order valence-electron chi connectivity index (χ2n) is 15.2. The third-order valence-corrected chi connectivity index (χ3v) is 11.7. The summed E-state index contributed by atoms with van der Waals surface area (Å²) in [4.78, 5) is 2.43. The fourth-order valence-electron chi connectivity index (χ4n) is 8.81. The molecule has 282 valence electrons. The lowest BCUT2D eigenvalue weighted by molar-refractivity contribution is 0.669. The van der Waals surface area contributed by atoms with Gasteiger partial charge in [-0.05, 0) is 97.7 Å². The first kappa shape index (κ1) is 35.2. The summed E-state index contributed by atoms with van der Waals surface area (Å²) in [5, 5.41) is 4.71. The monoisotopic (exact) mass is 765 g/mol. The molecule has 11 rings (SSSR count). The molecule has 0 aliphatic rings. The van der Waals surface area contributed by atoms with E-state index >= 15 is 0 Å². The number of anilines is 3. The van der Waals surface area contributed by atoms with E-state index in [1.807, 2.05) is 12.1 Å². The predicted octanol–water partition coefficient (Wildman–Crippen LogP) is 16.5. The largest absolute Gasteiger partial charge is 0.456 e. The van der Waals surface area contributed by atoms with Crippen LogP contribution in [0.25, 0.3) is 88.3 Å². The Kier molecular flexibility index (Phi) is 8.87. The second-order valence-corrected chi connectivity index (χ2v) is 15.2. The first-order valence-electron chi connectivity index (χ1n) is 20.5. The number of hydrogen-bond acceptors (Lipinski definition) is 2. The first-order chi connectivity index (χ1) is 29.8. The van der Waals surface area contributed by atoms with Gasteiger partial charge in [-0.25, -0.2) is 0 Å². The summed E-state index contributed by atoms with van der Waals surface area (Å²) in [6, 6.07) is 84.9. The molecule has 0 saturated carbocycles. The first-order valence-corrected chi connectivity index (χ1v) is 20.5. The van der Waals surface area contributed by atoms with E-state index in [2.05, 4.69) is 229 Å². The van der Waals surface area contributed by atoms with Crippen molar-refractivity contribution >= 4 is 49.8 Å². The van der Waals surface area contributed by atoms with Gasteiger partial charge in [0.1, 0.15) is 11.2 Å². The maximum atomic E-state index is 6.42. The van der Waals surface area contributed by atoms with Crippen molar-refractivity contribution < 1.29 is 4.42 Å². The molecular formula is C58H39NO. The fraction of sp³-hybridized carbons (Fsp3) is 0.